The molecule has 1 fully saturated rings. The van der Waals surface area contributed by atoms with Crippen LogP contribution in [0, 0.1) is 11.8 Å². The molecular formula is C16H27ClN2O3S. The van der Waals surface area contributed by atoms with Gasteiger partial charge in [-0.1, -0.05) is 20.3 Å². The van der Waals surface area contributed by atoms with E-state index in [2.05, 4.69) is 18.6 Å². The van der Waals surface area contributed by atoms with E-state index in [-0.39, 0.29) is 29.3 Å². The first kappa shape index (κ1) is 20.2. The van der Waals surface area contributed by atoms with Crippen molar-refractivity contribution in [1.82, 2.24) is 4.72 Å². The molecule has 23 heavy (non-hydrogen) atoms. The molecule has 0 aliphatic heterocycles. The number of nitrogens with two attached hydrogens (primary N) is 1. The van der Waals surface area contributed by atoms with Gasteiger partial charge in [0.2, 0.25) is 10.0 Å². The minimum Gasteiger partial charge on any atom is -0.493 e. The largest absolute Gasteiger partial charge is 0.493 e. The summed E-state index contributed by atoms with van der Waals surface area (Å²) in [7, 11) is -3.50. The summed E-state index contributed by atoms with van der Waals surface area (Å²) in [5.74, 6) is 1.36. The van der Waals surface area contributed by atoms with Crippen LogP contribution in [0.25, 0.3) is 0 Å². The first-order chi connectivity index (χ1) is 10.4. The van der Waals surface area contributed by atoms with E-state index in [1.165, 1.54) is 0 Å². The third-order valence-corrected chi connectivity index (χ3v) is 5.49. The molecule has 0 aromatic heterocycles. The van der Waals surface area contributed by atoms with Gasteiger partial charge in [0.05, 0.1) is 11.5 Å². The van der Waals surface area contributed by atoms with Crippen LogP contribution in [-0.4, -0.2) is 27.6 Å². The van der Waals surface area contributed by atoms with Gasteiger partial charge in [0.1, 0.15) is 5.75 Å². The number of benzene rings is 1. The Hall–Kier alpha value is -0.820. The third kappa shape index (κ3) is 5.64. The molecule has 1 saturated carbocycles. The minimum absolute atomic E-state index is 0. The smallest absolute Gasteiger partial charge is 0.240 e. The predicted molar refractivity (Wildman–Crippen MR) is 94.5 cm³/mol. The molecule has 2 unspecified atom stereocenters. The molecule has 132 valence electrons. The number of halogens is 1. The Morgan fingerprint density at radius 1 is 1.26 bits per heavy atom. The molecule has 2 rings (SSSR count). The highest BCUT2D eigenvalue weighted by molar-refractivity contribution is 7.89. The van der Waals surface area contributed by atoms with E-state index in [1.54, 1.807) is 24.3 Å². The highest BCUT2D eigenvalue weighted by atomic mass is 35.5. The first-order valence-electron chi connectivity index (χ1n) is 7.87. The average molecular weight is 363 g/mol. The summed E-state index contributed by atoms with van der Waals surface area (Å²) in [6.45, 7) is 5.27. The van der Waals surface area contributed by atoms with Gasteiger partial charge in [-0.15, -0.1) is 12.4 Å². The molecular weight excluding hydrogens is 336 g/mol. The Labute approximate surface area is 145 Å². The van der Waals surface area contributed by atoms with Gasteiger partial charge in [-0.25, -0.2) is 13.1 Å². The Bertz CT molecular complexity index is 575. The molecule has 1 aromatic rings. The number of nitrogens with one attached hydrogen (secondary N) is 1. The minimum atomic E-state index is -3.50. The molecule has 0 radical (unpaired) electrons. The molecule has 0 bridgehead atoms. The van der Waals surface area contributed by atoms with Gasteiger partial charge in [0, 0.05) is 6.04 Å². The molecule has 7 heteroatoms. The molecule has 0 saturated heterocycles. The fourth-order valence-corrected chi connectivity index (χ4v) is 4.06. The molecule has 1 aliphatic carbocycles. The van der Waals surface area contributed by atoms with Crippen molar-refractivity contribution in [1.29, 1.82) is 0 Å². The molecule has 0 amide bonds. The van der Waals surface area contributed by atoms with Crippen LogP contribution in [0.3, 0.4) is 0 Å². The lowest BCUT2D eigenvalue weighted by Gasteiger charge is -2.19. The van der Waals surface area contributed by atoms with Crippen LogP contribution >= 0.6 is 12.4 Å². The third-order valence-electron chi connectivity index (χ3n) is 3.99. The topological polar surface area (TPSA) is 81.4 Å². The first-order valence-corrected chi connectivity index (χ1v) is 9.36. The molecule has 5 nitrogen and oxygen atoms in total. The molecule has 1 aliphatic rings. The molecule has 1 aromatic carbocycles. The van der Waals surface area contributed by atoms with Crippen molar-refractivity contribution >= 4 is 22.4 Å². The van der Waals surface area contributed by atoms with Gasteiger partial charge in [-0.3, -0.25) is 0 Å². The van der Waals surface area contributed by atoms with Gasteiger partial charge >= 0.3 is 0 Å². The Morgan fingerprint density at radius 3 is 2.48 bits per heavy atom. The molecule has 3 N–H and O–H groups in total. The quantitative estimate of drug-likeness (QED) is 0.781. The molecule has 2 atom stereocenters. The van der Waals surface area contributed by atoms with E-state index >= 15 is 0 Å². The van der Waals surface area contributed by atoms with E-state index in [9.17, 15) is 8.42 Å². The number of ether oxygens (including phenoxy) is 1. The second-order valence-corrected chi connectivity index (χ2v) is 8.04. The van der Waals surface area contributed by atoms with Gasteiger partial charge in [-0.05, 0) is 55.5 Å². The molecule has 0 spiro atoms. The lowest BCUT2D eigenvalue weighted by molar-refractivity contribution is 0.271. The summed E-state index contributed by atoms with van der Waals surface area (Å²) in [5, 5.41) is 0. The lowest BCUT2D eigenvalue weighted by atomic mass is 10.1. The summed E-state index contributed by atoms with van der Waals surface area (Å²) in [6.07, 6.45) is 2.87. The van der Waals surface area contributed by atoms with Crippen molar-refractivity contribution < 1.29 is 13.2 Å². The Balaban J connectivity index is 0.00000264. The lowest BCUT2D eigenvalue weighted by Crippen LogP contribution is -2.39. The Kier molecular flexibility index (Phi) is 7.80. The van der Waals surface area contributed by atoms with Crippen LogP contribution in [0.15, 0.2) is 29.2 Å². The van der Waals surface area contributed by atoms with Crippen LogP contribution in [0.5, 0.6) is 5.75 Å². The van der Waals surface area contributed by atoms with E-state index in [4.69, 9.17) is 10.5 Å². The van der Waals surface area contributed by atoms with Crippen LogP contribution in [0.4, 0.5) is 0 Å². The summed E-state index contributed by atoms with van der Waals surface area (Å²) in [4.78, 5) is 0.270. The zero-order chi connectivity index (χ0) is 16.2. The monoisotopic (exact) mass is 362 g/mol. The zero-order valence-corrected chi connectivity index (χ0v) is 15.3. The van der Waals surface area contributed by atoms with Crippen molar-refractivity contribution in [3.8, 4) is 5.75 Å². The zero-order valence-electron chi connectivity index (χ0n) is 13.7. The molecule has 0 heterocycles. The maximum absolute atomic E-state index is 12.4. The summed E-state index contributed by atoms with van der Waals surface area (Å²) in [6, 6.07) is 6.53. The van der Waals surface area contributed by atoms with Gasteiger partial charge in [-0.2, -0.15) is 0 Å². The van der Waals surface area contributed by atoms with Crippen molar-refractivity contribution in [2.24, 2.45) is 17.6 Å². The summed E-state index contributed by atoms with van der Waals surface area (Å²) in [5.41, 5.74) is 5.71. The number of sulfonamides is 1. The van der Waals surface area contributed by atoms with Crippen molar-refractivity contribution in [3.05, 3.63) is 24.3 Å². The van der Waals surface area contributed by atoms with Crippen molar-refractivity contribution in [3.63, 3.8) is 0 Å². The number of hydrogen-bond donors (Lipinski definition) is 2. The fraction of sp³-hybridized carbons (Fsp3) is 0.625. The summed E-state index contributed by atoms with van der Waals surface area (Å²) >= 11 is 0. The van der Waals surface area contributed by atoms with Gasteiger partial charge < -0.3 is 10.5 Å². The average Bonchev–Trinajstić information content (AvgIpc) is 2.92. The van der Waals surface area contributed by atoms with Crippen LogP contribution < -0.4 is 15.2 Å². The van der Waals surface area contributed by atoms with E-state index < -0.39 is 10.0 Å². The standard InChI is InChI=1S/C16H26N2O3S.ClH/c1-12(2)11-21-14-6-8-15(9-7-14)22(19,20)18-16-5-3-4-13(16)10-17;/h6-9,12-13,16,18H,3-5,10-11,17H2,1-2H3;1H. The van der Waals surface area contributed by atoms with E-state index in [1.807, 2.05) is 0 Å². The fourth-order valence-electron chi connectivity index (χ4n) is 2.72. The van der Waals surface area contributed by atoms with E-state index in [0.717, 1.165) is 19.3 Å². The number of hydrogen-bond acceptors (Lipinski definition) is 4. The number of rotatable bonds is 7. The highest BCUT2D eigenvalue weighted by Gasteiger charge is 2.30. The van der Waals surface area contributed by atoms with Crippen molar-refractivity contribution in [2.75, 3.05) is 13.2 Å². The second-order valence-electron chi connectivity index (χ2n) is 6.33. The maximum Gasteiger partial charge on any atom is 0.240 e. The SMILES string of the molecule is CC(C)COc1ccc(S(=O)(=O)NC2CCCC2CN)cc1.Cl. The van der Waals surface area contributed by atoms with Gasteiger partial charge in [0.25, 0.3) is 0 Å². The predicted octanol–water partition coefficient (Wildman–Crippen LogP) is 2.55. The van der Waals surface area contributed by atoms with Crippen LogP contribution in [0.1, 0.15) is 33.1 Å². The Morgan fingerprint density at radius 2 is 1.91 bits per heavy atom. The highest BCUT2D eigenvalue weighted by Crippen LogP contribution is 2.26. The van der Waals surface area contributed by atoms with E-state index in [0.29, 0.717) is 24.8 Å². The maximum atomic E-state index is 12.4. The normalized spacial score (nSPS) is 21.2. The second kappa shape index (κ2) is 8.87. The van der Waals surface area contributed by atoms with Crippen LogP contribution in [-0.2, 0) is 10.0 Å². The van der Waals surface area contributed by atoms with Gasteiger partial charge in [0.15, 0.2) is 0 Å². The van der Waals surface area contributed by atoms with Crippen molar-refractivity contribution in [2.45, 2.75) is 44.0 Å². The van der Waals surface area contributed by atoms with Crippen LogP contribution in [0.2, 0.25) is 0 Å². The summed E-state index contributed by atoms with van der Waals surface area (Å²) < 4.78 is 33.2.